The molecular weight excluding hydrogens is 240 g/mol. The SMILES string of the molecule is COC(=O)C(CCCC(C)OC(C)=O)OC(C)=O. The quantitative estimate of drug-likeness (QED) is 0.505. The van der Waals surface area contributed by atoms with Gasteiger partial charge in [0.2, 0.25) is 0 Å². The van der Waals surface area contributed by atoms with Crippen molar-refractivity contribution in [2.45, 2.75) is 52.2 Å². The van der Waals surface area contributed by atoms with E-state index < -0.39 is 18.0 Å². The molecular formula is C12H20O6. The van der Waals surface area contributed by atoms with Crippen molar-refractivity contribution in [3.05, 3.63) is 0 Å². The molecule has 2 unspecified atom stereocenters. The normalized spacial score (nSPS) is 13.3. The minimum absolute atomic E-state index is 0.224. The summed E-state index contributed by atoms with van der Waals surface area (Å²) in [6.07, 6.45) is 0.406. The Hall–Kier alpha value is -1.59. The molecule has 0 aromatic heterocycles. The summed E-state index contributed by atoms with van der Waals surface area (Å²) in [5, 5.41) is 0. The Morgan fingerprint density at radius 1 is 1.00 bits per heavy atom. The summed E-state index contributed by atoms with van der Waals surface area (Å²) in [7, 11) is 1.24. The maximum Gasteiger partial charge on any atom is 0.347 e. The van der Waals surface area contributed by atoms with Crippen molar-refractivity contribution in [1.82, 2.24) is 0 Å². The molecule has 0 amide bonds. The van der Waals surface area contributed by atoms with Gasteiger partial charge in [-0.3, -0.25) is 9.59 Å². The first kappa shape index (κ1) is 16.4. The smallest absolute Gasteiger partial charge is 0.347 e. The third-order valence-corrected chi connectivity index (χ3v) is 2.22. The molecule has 0 aliphatic heterocycles. The third-order valence-electron chi connectivity index (χ3n) is 2.22. The van der Waals surface area contributed by atoms with Crippen LogP contribution in [0.4, 0.5) is 0 Å². The maximum absolute atomic E-state index is 11.3. The zero-order chi connectivity index (χ0) is 14.1. The lowest BCUT2D eigenvalue weighted by atomic mass is 10.1. The van der Waals surface area contributed by atoms with Gasteiger partial charge in [0.05, 0.1) is 13.2 Å². The molecule has 104 valence electrons. The van der Waals surface area contributed by atoms with Gasteiger partial charge < -0.3 is 14.2 Å². The number of hydrogen-bond acceptors (Lipinski definition) is 6. The molecule has 0 spiro atoms. The average Bonchev–Trinajstić information content (AvgIpc) is 2.25. The van der Waals surface area contributed by atoms with Crippen LogP contribution >= 0.6 is 0 Å². The molecule has 0 aliphatic rings. The fourth-order valence-corrected chi connectivity index (χ4v) is 1.49. The Morgan fingerprint density at radius 3 is 2.00 bits per heavy atom. The monoisotopic (exact) mass is 260 g/mol. The number of carbonyl (C=O) groups excluding carboxylic acids is 3. The molecule has 0 aromatic rings. The topological polar surface area (TPSA) is 78.9 Å². The predicted octanol–water partition coefficient (Wildman–Crippen LogP) is 1.21. The second-order valence-corrected chi connectivity index (χ2v) is 3.97. The molecule has 0 fully saturated rings. The zero-order valence-corrected chi connectivity index (χ0v) is 11.2. The van der Waals surface area contributed by atoms with Crippen LogP contribution in [0.1, 0.15) is 40.0 Å². The van der Waals surface area contributed by atoms with Gasteiger partial charge in [-0.15, -0.1) is 0 Å². The highest BCUT2D eigenvalue weighted by Crippen LogP contribution is 2.11. The third kappa shape index (κ3) is 7.65. The summed E-state index contributed by atoms with van der Waals surface area (Å²) in [5.41, 5.74) is 0. The lowest BCUT2D eigenvalue weighted by Gasteiger charge is -2.16. The Kier molecular flexibility index (Phi) is 7.74. The Morgan fingerprint density at radius 2 is 1.56 bits per heavy atom. The van der Waals surface area contributed by atoms with Gasteiger partial charge in [-0.05, 0) is 26.2 Å². The summed E-state index contributed by atoms with van der Waals surface area (Å²) in [4.78, 5) is 32.8. The van der Waals surface area contributed by atoms with E-state index in [-0.39, 0.29) is 12.1 Å². The van der Waals surface area contributed by atoms with Crippen LogP contribution in [0.25, 0.3) is 0 Å². The van der Waals surface area contributed by atoms with E-state index in [1.165, 1.54) is 21.0 Å². The van der Waals surface area contributed by atoms with Crippen molar-refractivity contribution in [3.8, 4) is 0 Å². The van der Waals surface area contributed by atoms with E-state index in [4.69, 9.17) is 9.47 Å². The van der Waals surface area contributed by atoms with Crippen molar-refractivity contribution in [2.75, 3.05) is 7.11 Å². The molecule has 0 saturated carbocycles. The van der Waals surface area contributed by atoms with Crippen LogP contribution < -0.4 is 0 Å². The Bertz CT molecular complexity index is 299. The summed E-state index contributed by atoms with van der Waals surface area (Å²) < 4.78 is 14.3. The molecule has 0 saturated heterocycles. The highest BCUT2D eigenvalue weighted by molar-refractivity contribution is 5.78. The molecule has 18 heavy (non-hydrogen) atoms. The van der Waals surface area contributed by atoms with Crippen molar-refractivity contribution in [1.29, 1.82) is 0 Å². The first-order valence-electron chi connectivity index (χ1n) is 5.79. The molecule has 0 aromatic carbocycles. The second-order valence-electron chi connectivity index (χ2n) is 3.97. The van der Waals surface area contributed by atoms with Gasteiger partial charge in [0.1, 0.15) is 0 Å². The second kappa shape index (κ2) is 8.49. The largest absolute Gasteiger partial charge is 0.466 e. The van der Waals surface area contributed by atoms with E-state index in [1.807, 2.05) is 0 Å². The van der Waals surface area contributed by atoms with E-state index in [0.29, 0.717) is 19.3 Å². The zero-order valence-electron chi connectivity index (χ0n) is 11.2. The van der Waals surface area contributed by atoms with Crippen LogP contribution in [-0.4, -0.2) is 37.2 Å². The van der Waals surface area contributed by atoms with E-state index in [0.717, 1.165) is 0 Å². The Balaban J connectivity index is 4.07. The molecule has 0 radical (unpaired) electrons. The number of ether oxygens (including phenoxy) is 3. The molecule has 0 N–H and O–H groups in total. The van der Waals surface area contributed by atoms with Crippen LogP contribution in [0.15, 0.2) is 0 Å². The van der Waals surface area contributed by atoms with E-state index in [1.54, 1.807) is 6.92 Å². The van der Waals surface area contributed by atoms with Gasteiger partial charge in [0.25, 0.3) is 0 Å². The number of methoxy groups -OCH3 is 1. The van der Waals surface area contributed by atoms with Crippen LogP contribution in [0, 0.1) is 0 Å². The summed E-state index contributed by atoms with van der Waals surface area (Å²) in [6.45, 7) is 4.34. The first-order chi connectivity index (χ1) is 8.36. The minimum atomic E-state index is -0.892. The fourth-order valence-electron chi connectivity index (χ4n) is 1.49. The first-order valence-corrected chi connectivity index (χ1v) is 5.79. The van der Waals surface area contributed by atoms with Crippen LogP contribution in [0.5, 0.6) is 0 Å². The average molecular weight is 260 g/mol. The fraction of sp³-hybridized carbons (Fsp3) is 0.750. The maximum atomic E-state index is 11.3. The molecule has 6 nitrogen and oxygen atoms in total. The number of carbonyl (C=O) groups is 3. The van der Waals surface area contributed by atoms with E-state index in [2.05, 4.69) is 4.74 Å². The van der Waals surface area contributed by atoms with Gasteiger partial charge in [0.15, 0.2) is 6.10 Å². The summed E-state index contributed by atoms with van der Waals surface area (Å²) in [6, 6.07) is 0. The molecule has 0 rings (SSSR count). The molecule has 6 heteroatoms. The van der Waals surface area contributed by atoms with Crippen LogP contribution in [0.2, 0.25) is 0 Å². The minimum Gasteiger partial charge on any atom is -0.466 e. The van der Waals surface area contributed by atoms with Crippen LogP contribution in [0.3, 0.4) is 0 Å². The van der Waals surface area contributed by atoms with E-state index >= 15 is 0 Å². The van der Waals surface area contributed by atoms with Crippen molar-refractivity contribution in [3.63, 3.8) is 0 Å². The van der Waals surface area contributed by atoms with Crippen molar-refractivity contribution < 1.29 is 28.6 Å². The summed E-state index contributed by atoms with van der Waals surface area (Å²) >= 11 is 0. The Labute approximate surface area is 107 Å². The van der Waals surface area contributed by atoms with Gasteiger partial charge in [-0.2, -0.15) is 0 Å². The van der Waals surface area contributed by atoms with E-state index in [9.17, 15) is 14.4 Å². The number of esters is 3. The molecule has 0 heterocycles. The number of rotatable bonds is 7. The van der Waals surface area contributed by atoms with Crippen molar-refractivity contribution >= 4 is 17.9 Å². The molecule has 2 atom stereocenters. The van der Waals surface area contributed by atoms with Crippen LogP contribution in [-0.2, 0) is 28.6 Å². The van der Waals surface area contributed by atoms with Crippen molar-refractivity contribution in [2.24, 2.45) is 0 Å². The van der Waals surface area contributed by atoms with Gasteiger partial charge in [-0.25, -0.2) is 4.79 Å². The molecule has 0 bridgehead atoms. The lowest BCUT2D eigenvalue weighted by molar-refractivity contribution is -0.165. The standard InChI is InChI=1S/C12H20O6/c1-8(17-9(2)13)6-5-7-11(12(15)16-4)18-10(3)14/h8,11H,5-7H2,1-4H3. The molecule has 0 aliphatic carbocycles. The highest BCUT2D eigenvalue weighted by Gasteiger charge is 2.22. The van der Waals surface area contributed by atoms with Gasteiger partial charge >= 0.3 is 17.9 Å². The predicted molar refractivity (Wildman–Crippen MR) is 62.6 cm³/mol. The van der Waals surface area contributed by atoms with Gasteiger partial charge in [-0.1, -0.05) is 0 Å². The number of hydrogen-bond donors (Lipinski definition) is 0. The van der Waals surface area contributed by atoms with Gasteiger partial charge in [0, 0.05) is 13.8 Å². The summed E-state index contributed by atoms with van der Waals surface area (Å²) in [5.74, 6) is -1.45. The lowest BCUT2D eigenvalue weighted by Crippen LogP contribution is -2.28. The highest BCUT2D eigenvalue weighted by atomic mass is 16.6.